The molecule has 0 atom stereocenters. The number of nitrogens with one attached hydrogen (secondary N) is 1. The van der Waals surface area contributed by atoms with Crippen molar-refractivity contribution in [3.05, 3.63) is 24.1 Å². The van der Waals surface area contributed by atoms with E-state index in [-0.39, 0.29) is 12.1 Å². The fraction of sp³-hybridized carbons (Fsp3) is 0.600. The second-order valence-electron chi connectivity index (χ2n) is 5.54. The predicted octanol–water partition coefficient (Wildman–Crippen LogP) is 1.80. The Labute approximate surface area is 130 Å². The highest BCUT2D eigenvalue weighted by Gasteiger charge is 2.21. The quantitative estimate of drug-likeness (QED) is 0.901. The Balaban J connectivity index is 1.71. The van der Waals surface area contributed by atoms with Gasteiger partial charge in [0.05, 0.1) is 18.9 Å². The zero-order valence-electron chi connectivity index (χ0n) is 13.1. The Kier molecular flexibility index (Phi) is 6.09. The summed E-state index contributed by atoms with van der Waals surface area (Å²) in [7, 11) is 0. The van der Waals surface area contributed by atoms with Crippen molar-refractivity contribution in [2.45, 2.75) is 20.0 Å². The van der Waals surface area contributed by atoms with Crippen LogP contribution in [0.5, 0.6) is 0 Å². The van der Waals surface area contributed by atoms with Crippen LogP contribution < -0.4 is 5.32 Å². The molecule has 1 N–H and O–H groups in total. The molecule has 1 aromatic heterocycles. The molecule has 1 aromatic rings. The Morgan fingerprint density at radius 2 is 2.09 bits per heavy atom. The fourth-order valence-corrected chi connectivity index (χ4v) is 2.23. The second-order valence-corrected chi connectivity index (χ2v) is 5.54. The zero-order valence-corrected chi connectivity index (χ0v) is 13.1. The lowest BCUT2D eigenvalue weighted by atomic mass is 10.3. The van der Waals surface area contributed by atoms with Crippen LogP contribution in [0.25, 0.3) is 0 Å². The topological polar surface area (TPSA) is 57.7 Å². The Morgan fingerprint density at radius 3 is 2.68 bits per heavy atom. The van der Waals surface area contributed by atoms with E-state index in [1.165, 1.54) is 12.1 Å². The normalized spacial score (nSPS) is 16.1. The first kappa shape index (κ1) is 16.6. The standard InChI is InChI=1S/C15H23FN4O2/c1-12(2)22-10-9-19-5-7-20(8-6-19)15(21)18-14-4-3-13(16)11-17-14/h3-4,11-12H,5-10H2,1-2H3,(H,17,18,21). The molecular weight excluding hydrogens is 287 g/mol. The average molecular weight is 310 g/mol. The number of piperazine rings is 1. The van der Waals surface area contributed by atoms with Crippen molar-refractivity contribution in [3.63, 3.8) is 0 Å². The minimum Gasteiger partial charge on any atom is -0.377 e. The summed E-state index contributed by atoms with van der Waals surface area (Å²) in [5.74, 6) is -0.0607. The summed E-state index contributed by atoms with van der Waals surface area (Å²) in [6.45, 7) is 8.61. The highest BCUT2D eigenvalue weighted by molar-refractivity contribution is 5.88. The molecule has 1 aliphatic heterocycles. The van der Waals surface area contributed by atoms with E-state index in [9.17, 15) is 9.18 Å². The number of ether oxygens (including phenoxy) is 1. The van der Waals surface area contributed by atoms with E-state index in [2.05, 4.69) is 15.2 Å². The number of aromatic nitrogens is 1. The summed E-state index contributed by atoms with van der Waals surface area (Å²) in [6.07, 6.45) is 1.33. The Bertz CT molecular complexity index is 473. The molecule has 0 aromatic carbocycles. The fourth-order valence-electron chi connectivity index (χ4n) is 2.23. The number of halogens is 1. The van der Waals surface area contributed by atoms with Crippen LogP contribution in [-0.2, 0) is 4.74 Å². The van der Waals surface area contributed by atoms with E-state index in [1.807, 2.05) is 13.8 Å². The number of urea groups is 1. The van der Waals surface area contributed by atoms with Crippen LogP contribution >= 0.6 is 0 Å². The summed E-state index contributed by atoms with van der Waals surface area (Å²) in [4.78, 5) is 19.9. The molecule has 122 valence electrons. The molecule has 1 fully saturated rings. The van der Waals surface area contributed by atoms with Crippen LogP contribution in [0, 0.1) is 5.82 Å². The van der Waals surface area contributed by atoms with Crippen molar-refractivity contribution < 1.29 is 13.9 Å². The van der Waals surface area contributed by atoms with Gasteiger partial charge in [0, 0.05) is 32.7 Å². The van der Waals surface area contributed by atoms with Gasteiger partial charge >= 0.3 is 6.03 Å². The molecule has 2 rings (SSSR count). The van der Waals surface area contributed by atoms with Gasteiger partial charge in [0.1, 0.15) is 11.6 Å². The maximum atomic E-state index is 12.8. The maximum absolute atomic E-state index is 12.8. The number of carbonyl (C=O) groups is 1. The molecule has 0 spiro atoms. The summed E-state index contributed by atoms with van der Waals surface area (Å²) < 4.78 is 18.3. The van der Waals surface area contributed by atoms with E-state index in [1.54, 1.807) is 4.90 Å². The number of rotatable bonds is 5. The lowest BCUT2D eigenvalue weighted by Gasteiger charge is -2.34. The summed E-state index contributed by atoms with van der Waals surface area (Å²) >= 11 is 0. The predicted molar refractivity (Wildman–Crippen MR) is 82.3 cm³/mol. The molecule has 6 nitrogen and oxygen atoms in total. The van der Waals surface area contributed by atoms with E-state index >= 15 is 0 Å². The monoisotopic (exact) mass is 310 g/mol. The van der Waals surface area contributed by atoms with Crippen molar-refractivity contribution >= 4 is 11.8 Å². The van der Waals surface area contributed by atoms with Gasteiger partial charge in [-0.05, 0) is 26.0 Å². The molecule has 0 saturated carbocycles. The number of anilines is 1. The highest BCUT2D eigenvalue weighted by Crippen LogP contribution is 2.07. The molecule has 22 heavy (non-hydrogen) atoms. The van der Waals surface area contributed by atoms with Crippen molar-refractivity contribution in [2.75, 3.05) is 44.6 Å². The van der Waals surface area contributed by atoms with Crippen molar-refractivity contribution in [2.24, 2.45) is 0 Å². The molecule has 0 aliphatic carbocycles. The molecule has 1 aliphatic rings. The maximum Gasteiger partial charge on any atom is 0.323 e. The van der Waals surface area contributed by atoms with Crippen LogP contribution in [0.4, 0.5) is 15.0 Å². The minimum absolute atomic E-state index is 0.197. The van der Waals surface area contributed by atoms with E-state index in [0.29, 0.717) is 25.5 Å². The lowest BCUT2D eigenvalue weighted by molar-refractivity contribution is 0.0493. The van der Waals surface area contributed by atoms with Crippen LogP contribution in [0.15, 0.2) is 18.3 Å². The third-order valence-corrected chi connectivity index (χ3v) is 3.48. The average Bonchev–Trinajstić information content (AvgIpc) is 2.50. The Hall–Kier alpha value is -1.73. The number of hydrogen-bond donors (Lipinski definition) is 1. The first-order valence-electron chi connectivity index (χ1n) is 7.56. The van der Waals surface area contributed by atoms with Gasteiger partial charge in [0.25, 0.3) is 0 Å². The summed E-state index contributed by atoms with van der Waals surface area (Å²) in [6, 6.07) is 2.53. The largest absolute Gasteiger partial charge is 0.377 e. The van der Waals surface area contributed by atoms with Gasteiger partial charge in [-0.2, -0.15) is 0 Å². The minimum atomic E-state index is -0.421. The molecule has 7 heteroatoms. The van der Waals surface area contributed by atoms with Crippen molar-refractivity contribution in [3.8, 4) is 0 Å². The molecule has 0 radical (unpaired) electrons. The summed E-state index contributed by atoms with van der Waals surface area (Å²) in [5, 5.41) is 2.68. The lowest BCUT2D eigenvalue weighted by Crippen LogP contribution is -2.50. The zero-order chi connectivity index (χ0) is 15.9. The summed E-state index contributed by atoms with van der Waals surface area (Å²) in [5.41, 5.74) is 0. The van der Waals surface area contributed by atoms with Crippen LogP contribution in [0.3, 0.4) is 0 Å². The number of hydrogen-bond acceptors (Lipinski definition) is 4. The third kappa shape index (κ3) is 5.23. The van der Waals surface area contributed by atoms with E-state index < -0.39 is 5.82 Å². The number of carbonyl (C=O) groups excluding carboxylic acids is 1. The van der Waals surface area contributed by atoms with Gasteiger partial charge in [-0.1, -0.05) is 0 Å². The molecule has 0 bridgehead atoms. The van der Waals surface area contributed by atoms with Gasteiger partial charge in [0.2, 0.25) is 0 Å². The third-order valence-electron chi connectivity index (χ3n) is 3.48. The van der Waals surface area contributed by atoms with Crippen molar-refractivity contribution in [1.82, 2.24) is 14.8 Å². The molecular formula is C15H23FN4O2. The van der Waals surface area contributed by atoms with E-state index in [4.69, 9.17) is 4.74 Å². The number of nitrogens with zero attached hydrogens (tertiary/aromatic N) is 3. The molecule has 2 heterocycles. The van der Waals surface area contributed by atoms with Gasteiger partial charge < -0.3 is 9.64 Å². The molecule has 1 saturated heterocycles. The SMILES string of the molecule is CC(C)OCCN1CCN(C(=O)Nc2ccc(F)cn2)CC1. The molecule has 0 unspecified atom stereocenters. The van der Waals surface area contributed by atoms with Gasteiger partial charge in [-0.3, -0.25) is 10.2 Å². The Morgan fingerprint density at radius 1 is 1.36 bits per heavy atom. The van der Waals surface area contributed by atoms with Gasteiger partial charge in [-0.25, -0.2) is 14.2 Å². The second kappa shape index (κ2) is 8.05. The number of pyridine rings is 1. The van der Waals surface area contributed by atoms with Crippen LogP contribution in [0.1, 0.15) is 13.8 Å². The van der Waals surface area contributed by atoms with Gasteiger partial charge in [-0.15, -0.1) is 0 Å². The first-order valence-corrected chi connectivity index (χ1v) is 7.56. The first-order chi connectivity index (χ1) is 10.5. The highest BCUT2D eigenvalue weighted by atomic mass is 19.1. The molecule has 2 amide bonds. The van der Waals surface area contributed by atoms with Crippen molar-refractivity contribution in [1.29, 1.82) is 0 Å². The van der Waals surface area contributed by atoms with Crippen LogP contribution in [0.2, 0.25) is 0 Å². The van der Waals surface area contributed by atoms with Gasteiger partial charge in [0.15, 0.2) is 0 Å². The smallest absolute Gasteiger partial charge is 0.323 e. The van der Waals surface area contributed by atoms with E-state index in [0.717, 1.165) is 25.8 Å². The number of amides is 2. The van der Waals surface area contributed by atoms with Crippen LogP contribution in [-0.4, -0.2) is 66.2 Å².